The number of amides is 1. The zero-order valence-electron chi connectivity index (χ0n) is 11.2. The number of nitrogens with two attached hydrogens (primary N) is 1. The zero-order valence-corrected chi connectivity index (χ0v) is 11.2. The number of aryl methyl sites for hydroxylation is 2. The van der Waals surface area contributed by atoms with Crippen LogP contribution in [0.3, 0.4) is 0 Å². The summed E-state index contributed by atoms with van der Waals surface area (Å²) in [6, 6.07) is 3.83. The third-order valence-corrected chi connectivity index (χ3v) is 2.73. The Labute approximate surface area is 111 Å². The lowest BCUT2D eigenvalue weighted by molar-refractivity contribution is 0.0942. The molecule has 1 aromatic heterocycles. The van der Waals surface area contributed by atoms with Gasteiger partial charge in [0, 0.05) is 12.2 Å². The first kappa shape index (κ1) is 13.1. The number of carbonyl (C=O) groups is 1. The van der Waals surface area contributed by atoms with Gasteiger partial charge in [-0.1, -0.05) is 11.2 Å². The van der Waals surface area contributed by atoms with E-state index in [4.69, 9.17) is 10.3 Å². The fourth-order valence-electron chi connectivity index (χ4n) is 1.82. The Morgan fingerprint density at radius 3 is 2.84 bits per heavy atom. The van der Waals surface area contributed by atoms with Crippen molar-refractivity contribution < 1.29 is 9.32 Å². The van der Waals surface area contributed by atoms with Crippen LogP contribution in [0, 0.1) is 13.8 Å². The number of hydrogen-bond acceptors (Lipinski definition) is 5. The highest BCUT2D eigenvalue weighted by atomic mass is 16.5. The van der Waals surface area contributed by atoms with Crippen molar-refractivity contribution >= 4 is 11.6 Å². The molecule has 3 N–H and O–H groups in total. The molecule has 0 fully saturated rings. The minimum atomic E-state index is -0.361. The topological polar surface area (TPSA) is 94.0 Å². The Hall–Kier alpha value is -2.37. The van der Waals surface area contributed by atoms with Crippen molar-refractivity contribution in [3.63, 3.8) is 0 Å². The number of nitrogen functional groups attached to an aromatic ring is 1. The van der Waals surface area contributed by atoms with Crippen LogP contribution in [-0.2, 0) is 0 Å². The summed E-state index contributed by atoms with van der Waals surface area (Å²) in [4.78, 5) is 15.7. The number of benzene rings is 1. The predicted molar refractivity (Wildman–Crippen MR) is 71.6 cm³/mol. The maximum Gasteiger partial charge on any atom is 0.292 e. The summed E-state index contributed by atoms with van der Waals surface area (Å²) in [6.45, 7) is 6.19. The molecule has 0 atom stereocenters. The summed E-state index contributed by atoms with van der Waals surface area (Å²) >= 11 is 0. The van der Waals surface area contributed by atoms with Gasteiger partial charge in [-0.05, 0) is 38.0 Å². The lowest BCUT2D eigenvalue weighted by Gasteiger charge is -2.06. The average Bonchev–Trinajstić information content (AvgIpc) is 2.83. The molecule has 0 bridgehead atoms. The highest BCUT2D eigenvalue weighted by molar-refractivity contribution is 5.90. The monoisotopic (exact) mass is 260 g/mol. The molecule has 19 heavy (non-hydrogen) atoms. The van der Waals surface area contributed by atoms with Crippen molar-refractivity contribution in [1.29, 1.82) is 0 Å². The predicted octanol–water partition coefficient (Wildman–Crippen LogP) is 1.69. The van der Waals surface area contributed by atoms with Crippen molar-refractivity contribution in [2.24, 2.45) is 0 Å². The number of rotatable bonds is 3. The van der Waals surface area contributed by atoms with E-state index in [-0.39, 0.29) is 17.6 Å². The zero-order chi connectivity index (χ0) is 14.0. The van der Waals surface area contributed by atoms with E-state index in [2.05, 4.69) is 15.5 Å². The van der Waals surface area contributed by atoms with Gasteiger partial charge in [0.15, 0.2) is 0 Å². The first-order valence-corrected chi connectivity index (χ1v) is 6.02. The molecule has 0 aliphatic carbocycles. The third kappa shape index (κ3) is 2.57. The molecule has 1 amide bonds. The molecule has 0 saturated heterocycles. The molecule has 0 saturated carbocycles. The van der Waals surface area contributed by atoms with Crippen molar-refractivity contribution in [3.05, 3.63) is 29.1 Å². The molecule has 2 rings (SSSR count). The molecule has 0 spiro atoms. The second-order valence-corrected chi connectivity index (χ2v) is 4.33. The number of carbonyl (C=O) groups excluding carboxylic acids is 1. The summed E-state index contributed by atoms with van der Waals surface area (Å²) in [5.41, 5.74) is 9.21. The fourth-order valence-corrected chi connectivity index (χ4v) is 1.82. The van der Waals surface area contributed by atoms with Gasteiger partial charge in [-0.25, -0.2) is 0 Å². The average molecular weight is 260 g/mol. The van der Waals surface area contributed by atoms with Gasteiger partial charge in [0.2, 0.25) is 0 Å². The summed E-state index contributed by atoms with van der Waals surface area (Å²) in [5.74, 6) is -0.0959. The molecule has 0 aliphatic heterocycles. The second-order valence-electron chi connectivity index (χ2n) is 4.33. The fraction of sp³-hybridized carbons (Fsp3) is 0.308. The van der Waals surface area contributed by atoms with Crippen molar-refractivity contribution in [3.8, 4) is 11.5 Å². The van der Waals surface area contributed by atoms with E-state index in [9.17, 15) is 4.79 Å². The van der Waals surface area contributed by atoms with Gasteiger partial charge in [-0.3, -0.25) is 4.79 Å². The van der Waals surface area contributed by atoms with Crippen LogP contribution in [0.15, 0.2) is 16.7 Å². The van der Waals surface area contributed by atoms with Crippen molar-refractivity contribution in [2.45, 2.75) is 20.8 Å². The first-order valence-electron chi connectivity index (χ1n) is 6.02. The number of aromatic nitrogens is 2. The first-order chi connectivity index (χ1) is 9.02. The molecule has 100 valence electrons. The molecule has 1 heterocycles. The Balaban J connectivity index is 2.41. The summed E-state index contributed by atoms with van der Waals surface area (Å²) < 4.78 is 5.11. The van der Waals surface area contributed by atoms with Gasteiger partial charge < -0.3 is 15.6 Å². The molecule has 2 aromatic rings. The van der Waals surface area contributed by atoms with Crippen LogP contribution in [-0.4, -0.2) is 22.6 Å². The van der Waals surface area contributed by atoms with Gasteiger partial charge in [0.25, 0.3) is 17.6 Å². The molecule has 6 nitrogen and oxygen atoms in total. The number of nitrogens with zero attached hydrogens (tertiary/aromatic N) is 2. The lowest BCUT2D eigenvalue weighted by Crippen LogP contribution is -2.23. The van der Waals surface area contributed by atoms with E-state index in [1.165, 1.54) is 0 Å². The van der Waals surface area contributed by atoms with Crippen LogP contribution >= 0.6 is 0 Å². The van der Waals surface area contributed by atoms with Crippen LogP contribution in [0.1, 0.15) is 28.7 Å². The Bertz CT molecular complexity index is 619. The largest absolute Gasteiger partial charge is 0.398 e. The number of hydrogen-bond donors (Lipinski definition) is 2. The number of anilines is 1. The summed E-state index contributed by atoms with van der Waals surface area (Å²) in [5, 5.41) is 6.27. The van der Waals surface area contributed by atoms with E-state index < -0.39 is 0 Å². The maximum absolute atomic E-state index is 11.6. The van der Waals surface area contributed by atoms with Crippen LogP contribution in [0.4, 0.5) is 5.69 Å². The highest BCUT2D eigenvalue weighted by Crippen LogP contribution is 2.28. The molecule has 1 aromatic carbocycles. The summed E-state index contributed by atoms with van der Waals surface area (Å²) in [7, 11) is 0. The normalized spacial score (nSPS) is 10.5. The molecular formula is C13H16N4O2. The SMILES string of the molecule is CCNC(=O)c1noc(-c2cc(C)cc(C)c2N)n1. The van der Waals surface area contributed by atoms with Crippen LogP contribution < -0.4 is 11.1 Å². The molecular weight excluding hydrogens is 244 g/mol. The smallest absolute Gasteiger partial charge is 0.292 e. The van der Waals surface area contributed by atoms with E-state index in [1.807, 2.05) is 32.9 Å². The van der Waals surface area contributed by atoms with E-state index in [0.717, 1.165) is 11.1 Å². The molecule has 0 aliphatic rings. The van der Waals surface area contributed by atoms with E-state index >= 15 is 0 Å². The lowest BCUT2D eigenvalue weighted by atomic mass is 10.0. The van der Waals surface area contributed by atoms with Crippen molar-refractivity contribution in [1.82, 2.24) is 15.5 Å². The Kier molecular flexibility index (Phi) is 3.50. The van der Waals surface area contributed by atoms with Crippen LogP contribution in [0.2, 0.25) is 0 Å². The van der Waals surface area contributed by atoms with Crippen LogP contribution in [0.5, 0.6) is 0 Å². The maximum atomic E-state index is 11.6. The van der Waals surface area contributed by atoms with Gasteiger partial charge in [-0.2, -0.15) is 4.98 Å². The highest BCUT2D eigenvalue weighted by Gasteiger charge is 2.17. The van der Waals surface area contributed by atoms with E-state index in [1.54, 1.807) is 0 Å². The Morgan fingerprint density at radius 1 is 1.42 bits per heavy atom. The minimum absolute atomic E-state index is 0.00964. The second kappa shape index (κ2) is 5.09. The van der Waals surface area contributed by atoms with Gasteiger partial charge in [0.1, 0.15) is 0 Å². The van der Waals surface area contributed by atoms with Gasteiger partial charge in [0.05, 0.1) is 5.56 Å². The standard InChI is InChI=1S/C13H16N4O2/c1-4-15-12(18)11-16-13(19-17-11)9-6-7(2)5-8(3)10(9)14/h5-6H,4,14H2,1-3H3,(H,15,18). The quantitative estimate of drug-likeness (QED) is 0.819. The number of nitrogens with one attached hydrogen (secondary N) is 1. The third-order valence-electron chi connectivity index (χ3n) is 2.73. The van der Waals surface area contributed by atoms with Gasteiger partial charge >= 0.3 is 0 Å². The van der Waals surface area contributed by atoms with E-state index in [0.29, 0.717) is 17.8 Å². The summed E-state index contributed by atoms with van der Waals surface area (Å²) in [6.07, 6.45) is 0. The molecule has 0 radical (unpaired) electrons. The Morgan fingerprint density at radius 2 is 2.16 bits per heavy atom. The van der Waals surface area contributed by atoms with Crippen molar-refractivity contribution in [2.75, 3.05) is 12.3 Å². The van der Waals surface area contributed by atoms with Crippen LogP contribution in [0.25, 0.3) is 11.5 Å². The minimum Gasteiger partial charge on any atom is -0.398 e. The molecule has 6 heteroatoms. The van der Waals surface area contributed by atoms with Gasteiger partial charge in [-0.15, -0.1) is 0 Å². The molecule has 0 unspecified atom stereocenters.